The number of aliphatic hydroxyl groups is 7. The lowest BCUT2D eigenvalue weighted by Crippen LogP contribution is -2.64. The number of carbonyl (C=O) groups excluding carboxylic acids is 1. The molecule has 318 valence electrons. The fourth-order valence-corrected chi connectivity index (χ4v) is 7.52. The predicted molar refractivity (Wildman–Crippen MR) is 210 cm³/mol. The summed E-state index contributed by atoms with van der Waals surface area (Å²) in [7, 11) is -5.14. The average molecular weight is 794 g/mol. The van der Waals surface area contributed by atoms with Crippen LogP contribution in [0.5, 0.6) is 0 Å². The first-order valence-electron chi connectivity index (χ1n) is 20.9. The van der Waals surface area contributed by atoms with Crippen molar-refractivity contribution in [3.8, 4) is 0 Å². The van der Waals surface area contributed by atoms with Gasteiger partial charge in [0, 0.05) is 0 Å². The van der Waals surface area contributed by atoms with E-state index in [1.165, 1.54) is 89.5 Å². The Hall–Kier alpha value is -1.22. The third-order valence-electron chi connectivity index (χ3n) is 10.0. The second-order valence-corrected chi connectivity index (χ2v) is 16.4. The van der Waals surface area contributed by atoms with Crippen molar-refractivity contribution in [3.05, 3.63) is 24.3 Å². The van der Waals surface area contributed by atoms with Crippen LogP contribution in [0.25, 0.3) is 0 Å². The van der Waals surface area contributed by atoms with Gasteiger partial charge in [0.15, 0.2) is 0 Å². The van der Waals surface area contributed by atoms with E-state index in [1.54, 1.807) is 6.08 Å². The number of phosphoric ester groups is 1. The maximum absolute atomic E-state index is 12.9. The molecule has 0 aliphatic heterocycles. The summed E-state index contributed by atoms with van der Waals surface area (Å²) in [6.45, 7) is 3.67. The Kier molecular flexibility index (Phi) is 29.0. The summed E-state index contributed by atoms with van der Waals surface area (Å²) < 4.78 is 22.7. The molecule has 0 bridgehead atoms. The number of aliphatic hydroxyl groups excluding tert-OH is 7. The molecule has 0 aromatic carbocycles. The molecule has 0 aromatic heterocycles. The van der Waals surface area contributed by atoms with Crippen LogP contribution in [0.4, 0.5) is 0 Å². The highest BCUT2D eigenvalue weighted by atomic mass is 31.2. The van der Waals surface area contributed by atoms with Crippen LogP contribution in [0.2, 0.25) is 0 Å². The van der Waals surface area contributed by atoms with Crippen LogP contribution in [0.15, 0.2) is 24.3 Å². The molecule has 54 heavy (non-hydrogen) atoms. The summed E-state index contributed by atoms with van der Waals surface area (Å²) in [5.41, 5.74) is 0. The molecule has 14 heteroatoms. The number of unbranched alkanes of at least 4 members (excludes halogenated alkanes) is 18. The van der Waals surface area contributed by atoms with E-state index < -0.39 is 75.2 Å². The lowest BCUT2D eigenvalue weighted by atomic mass is 9.85. The smallest absolute Gasteiger partial charge is 0.393 e. The molecule has 1 aliphatic carbocycles. The van der Waals surface area contributed by atoms with Gasteiger partial charge in [-0.3, -0.25) is 13.8 Å². The molecular weight excluding hydrogens is 717 g/mol. The highest BCUT2D eigenvalue weighted by Gasteiger charge is 2.51. The van der Waals surface area contributed by atoms with Gasteiger partial charge in [-0.05, 0) is 32.1 Å². The highest BCUT2D eigenvalue weighted by Crippen LogP contribution is 2.47. The van der Waals surface area contributed by atoms with Crippen LogP contribution >= 0.6 is 7.82 Å². The van der Waals surface area contributed by atoms with Crippen LogP contribution in [0, 0.1) is 0 Å². The van der Waals surface area contributed by atoms with Crippen molar-refractivity contribution in [2.24, 2.45) is 0 Å². The molecule has 0 aromatic rings. The Bertz CT molecular complexity index is 1030. The van der Waals surface area contributed by atoms with Crippen molar-refractivity contribution >= 4 is 13.7 Å². The topological polar surface area (TPSA) is 226 Å². The van der Waals surface area contributed by atoms with Gasteiger partial charge in [-0.15, -0.1) is 0 Å². The lowest BCUT2D eigenvalue weighted by molar-refractivity contribution is -0.220. The van der Waals surface area contributed by atoms with Crippen molar-refractivity contribution in [1.29, 1.82) is 0 Å². The Balaban J connectivity index is 2.63. The Labute approximate surface area is 324 Å². The average Bonchev–Trinajstić information content (AvgIpc) is 3.14. The molecule has 0 heterocycles. The first-order chi connectivity index (χ1) is 25.8. The monoisotopic (exact) mass is 794 g/mol. The van der Waals surface area contributed by atoms with Gasteiger partial charge in [-0.25, -0.2) is 4.57 Å². The van der Waals surface area contributed by atoms with Crippen LogP contribution in [-0.2, 0) is 18.4 Å². The molecule has 0 saturated heterocycles. The minimum absolute atomic E-state index is 0.250. The quantitative estimate of drug-likeness (QED) is 0.0224. The number of phosphoric acid groups is 1. The van der Waals surface area contributed by atoms with E-state index in [0.717, 1.165) is 44.9 Å². The van der Waals surface area contributed by atoms with E-state index in [4.69, 9.17) is 9.05 Å². The molecular formula is C40H76NO12P. The zero-order chi connectivity index (χ0) is 40.2. The lowest BCUT2D eigenvalue weighted by Gasteiger charge is -2.41. The molecule has 1 fully saturated rings. The molecule has 0 spiro atoms. The molecule has 1 amide bonds. The number of hydrogen-bond donors (Lipinski definition) is 9. The third kappa shape index (κ3) is 23.1. The summed E-state index contributed by atoms with van der Waals surface area (Å²) in [5, 5.41) is 74.1. The molecule has 8 atom stereocenters. The maximum atomic E-state index is 12.9. The van der Waals surface area contributed by atoms with Crippen LogP contribution in [-0.4, -0.2) is 108 Å². The molecule has 13 nitrogen and oxygen atoms in total. The van der Waals surface area contributed by atoms with Crippen LogP contribution in [0.3, 0.4) is 0 Å². The highest BCUT2D eigenvalue weighted by molar-refractivity contribution is 7.47. The Morgan fingerprint density at radius 2 is 1.09 bits per heavy atom. The standard InChI is InChI=1S/C40H76NO12P/c1-3-5-7-9-11-13-15-16-18-19-21-23-25-27-31(42)29-34(44)41-32(33(43)28-26-24-22-20-17-14-12-10-8-6-4-2)30-52-54(50,51)53-40-38(48)36(46)35(45)37(47)39(40)49/h17,20,26,28,31-33,35-40,42-43,45-49H,3-16,18-19,21-25,27,29-30H2,1-2H3,(H,41,44)(H,50,51)/b20-17+,28-26+. The summed E-state index contributed by atoms with van der Waals surface area (Å²) in [6, 6.07) is -1.25. The fourth-order valence-electron chi connectivity index (χ4n) is 6.55. The van der Waals surface area contributed by atoms with E-state index in [2.05, 4.69) is 31.3 Å². The first kappa shape index (κ1) is 50.8. The van der Waals surface area contributed by atoms with Gasteiger partial charge in [0.05, 0.1) is 31.3 Å². The van der Waals surface area contributed by atoms with Gasteiger partial charge in [-0.2, -0.15) is 0 Å². The fraction of sp³-hybridized carbons (Fsp3) is 0.875. The van der Waals surface area contributed by atoms with Gasteiger partial charge in [0.25, 0.3) is 0 Å². The van der Waals surface area contributed by atoms with Crippen LogP contribution < -0.4 is 5.32 Å². The molecule has 1 aliphatic rings. The zero-order valence-corrected chi connectivity index (χ0v) is 34.0. The predicted octanol–water partition coefficient (Wildman–Crippen LogP) is 5.64. The van der Waals surface area contributed by atoms with Gasteiger partial charge in [-0.1, -0.05) is 147 Å². The summed E-state index contributed by atoms with van der Waals surface area (Å²) in [6.07, 6.45) is 17.2. The second-order valence-electron chi connectivity index (χ2n) is 15.0. The molecule has 1 saturated carbocycles. The summed E-state index contributed by atoms with van der Waals surface area (Å²) in [4.78, 5) is 23.3. The van der Waals surface area contributed by atoms with Gasteiger partial charge in [0.1, 0.15) is 36.6 Å². The number of amides is 1. The van der Waals surface area contributed by atoms with E-state index in [9.17, 15) is 50.0 Å². The number of rotatable bonds is 33. The van der Waals surface area contributed by atoms with E-state index in [-0.39, 0.29) is 6.42 Å². The number of allylic oxidation sites excluding steroid dienone is 3. The number of hydrogen-bond acceptors (Lipinski definition) is 11. The van der Waals surface area contributed by atoms with Crippen molar-refractivity contribution in [3.63, 3.8) is 0 Å². The van der Waals surface area contributed by atoms with Gasteiger partial charge < -0.3 is 46.0 Å². The van der Waals surface area contributed by atoms with Crippen molar-refractivity contribution in [2.45, 2.75) is 216 Å². The molecule has 0 radical (unpaired) electrons. The molecule has 8 unspecified atom stereocenters. The SMILES string of the molecule is CCCCCCC/C=C/CC/C=C/C(O)C(COP(=O)(O)OC1C(O)C(O)C(O)C(O)C1O)NC(=O)CC(O)CCCCCCCCCCCCCCC. The van der Waals surface area contributed by atoms with E-state index in [0.29, 0.717) is 12.8 Å². The summed E-state index contributed by atoms with van der Waals surface area (Å²) >= 11 is 0. The van der Waals surface area contributed by atoms with Crippen molar-refractivity contribution < 1.29 is 59.0 Å². The van der Waals surface area contributed by atoms with E-state index in [1.807, 2.05) is 0 Å². The van der Waals surface area contributed by atoms with Crippen LogP contribution in [0.1, 0.15) is 162 Å². The van der Waals surface area contributed by atoms with Crippen molar-refractivity contribution in [2.75, 3.05) is 6.61 Å². The summed E-state index contributed by atoms with van der Waals surface area (Å²) in [5.74, 6) is -0.604. The van der Waals surface area contributed by atoms with Gasteiger partial charge in [0.2, 0.25) is 5.91 Å². The van der Waals surface area contributed by atoms with E-state index >= 15 is 0 Å². The molecule has 9 N–H and O–H groups in total. The Morgan fingerprint density at radius 1 is 0.648 bits per heavy atom. The third-order valence-corrected chi connectivity index (χ3v) is 11.0. The maximum Gasteiger partial charge on any atom is 0.472 e. The first-order valence-corrected chi connectivity index (χ1v) is 22.4. The number of carbonyl (C=O) groups is 1. The Morgan fingerprint density at radius 3 is 1.63 bits per heavy atom. The minimum Gasteiger partial charge on any atom is -0.393 e. The zero-order valence-electron chi connectivity index (χ0n) is 33.1. The number of nitrogens with one attached hydrogen (secondary N) is 1. The second kappa shape index (κ2) is 30.9. The van der Waals surface area contributed by atoms with Crippen molar-refractivity contribution in [1.82, 2.24) is 5.32 Å². The normalized spacial score (nSPS) is 24.9. The van der Waals surface area contributed by atoms with Gasteiger partial charge >= 0.3 is 7.82 Å². The minimum atomic E-state index is -5.14. The largest absolute Gasteiger partial charge is 0.472 e. The molecule has 1 rings (SSSR count).